The second-order valence-corrected chi connectivity index (χ2v) is 8.25. The molecule has 0 bridgehead atoms. The van der Waals surface area contributed by atoms with E-state index in [1.54, 1.807) is 23.5 Å². The van der Waals surface area contributed by atoms with Crippen LogP contribution >= 0.6 is 33.9 Å². The van der Waals surface area contributed by atoms with Crippen LogP contribution in [0.5, 0.6) is 0 Å². The summed E-state index contributed by atoms with van der Waals surface area (Å²) in [6, 6.07) is 12.9. The van der Waals surface area contributed by atoms with Crippen LogP contribution in [0.4, 0.5) is 4.39 Å². The molecule has 0 fully saturated rings. The fraction of sp³-hybridized carbons (Fsp3) is 0.158. The smallest absolute Gasteiger partial charge is 0.140 e. The van der Waals surface area contributed by atoms with Crippen molar-refractivity contribution in [2.75, 3.05) is 0 Å². The van der Waals surface area contributed by atoms with E-state index in [9.17, 15) is 4.39 Å². The van der Waals surface area contributed by atoms with Gasteiger partial charge in [-0.05, 0) is 47.7 Å². The minimum absolute atomic E-state index is 0.0533. The highest BCUT2D eigenvalue weighted by atomic mass is 127. The molecule has 0 aliphatic heterocycles. The summed E-state index contributed by atoms with van der Waals surface area (Å²) >= 11 is 4.09. The molecule has 0 saturated carbocycles. The van der Waals surface area contributed by atoms with E-state index in [0.717, 1.165) is 21.9 Å². The van der Waals surface area contributed by atoms with Crippen molar-refractivity contribution in [3.05, 3.63) is 65.1 Å². The average molecular weight is 446 g/mol. The van der Waals surface area contributed by atoms with Crippen molar-refractivity contribution >= 4 is 33.9 Å². The van der Waals surface area contributed by atoms with Crippen LogP contribution in [0.1, 0.15) is 27.0 Å². The highest BCUT2D eigenvalue weighted by Gasteiger charge is 2.23. The molecule has 0 amide bonds. The van der Waals surface area contributed by atoms with E-state index >= 15 is 0 Å². The lowest BCUT2D eigenvalue weighted by Gasteiger charge is -2.07. The number of benzene rings is 2. The Bertz CT molecular complexity index is 974. The van der Waals surface area contributed by atoms with Crippen molar-refractivity contribution in [2.24, 2.45) is 0 Å². The van der Waals surface area contributed by atoms with Gasteiger partial charge in [0.1, 0.15) is 16.9 Å². The molecule has 1 heterocycles. The summed E-state index contributed by atoms with van der Waals surface area (Å²) in [5, 5.41) is 9.80. The molecule has 2 nitrogen and oxygen atoms in total. The van der Waals surface area contributed by atoms with E-state index in [1.165, 1.54) is 29.2 Å². The molecule has 1 aliphatic rings. The molecule has 0 N–H and O–H groups in total. The van der Waals surface area contributed by atoms with Crippen LogP contribution in [0.3, 0.4) is 0 Å². The minimum Gasteiger partial charge on any atom is -0.244 e. The topological polar surface area (TPSA) is 36.7 Å². The van der Waals surface area contributed by atoms with Gasteiger partial charge < -0.3 is 0 Å². The van der Waals surface area contributed by atoms with Crippen molar-refractivity contribution < 1.29 is 4.39 Å². The Morgan fingerprint density at radius 1 is 1.29 bits per heavy atom. The predicted octanol–water partition coefficient (Wildman–Crippen LogP) is 5.91. The van der Waals surface area contributed by atoms with Crippen LogP contribution in [0.15, 0.2) is 42.6 Å². The van der Waals surface area contributed by atoms with Crippen LogP contribution in [0.25, 0.3) is 21.0 Å². The molecule has 0 spiro atoms. The van der Waals surface area contributed by atoms with Crippen molar-refractivity contribution in [2.45, 2.75) is 16.8 Å². The lowest BCUT2D eigenvalue weighted by atomic mass is 10.0. The third-order valence-corrected chi connectivity index (χ3v) is 6.68. The molecule has 118 valence electrons. The molecule has 5 heteroatoms. The number of fused-ring (bicyclic) bond motifs is 1. The van der Waals surface area contributed by atoms with Gasteiger partial charge in [0.2, 0.25) is 0 Å². The summed E-state index contributed by atoms with van der Waals surface area (Å²) in [6.07, 6.45) is 4.16. The highest BCUT2D eigenvalue weighted by molar-refractivity contribution is 14.1. The second-order valence-electron chi connectivity index (χ2n) is 5.72. The number of rotatable bonds is 2. The molecular weight excluding hydrogens is 434 g/mol. The van der Waals surface area contributed by atoms with Gasteiger partial charge in [-0.1, -0.05) is 40.8 Å². The molecule has 1 aliphatic carbocycles. The van der Waals surface area contributed by atoms with Gasteiger partial charge in [-0.2, -0.15) is 5.26 Å². The van der Waals surface area contributed by atoms with Gasteiger partial charge in [-0.15, -0.1) is 11.3 Å². The molecule has 0 radical (unpaired) electrons. The Morgan fingerprint density at radius 2 is 2.17 bits per heavy atom. The summed E-state index contributed by atoms with van der Waals surface area (Å²) < 4.78 is 14.1. The maximum Gasteiger partial charge on any atom is 0.140 e. The summed E-state index contributed by atoms with van der Waals surface area (Å²) in [5.41, 5.74) is 4.93. The number of hydrogen-bond donors (Lipinski definition) is 0. The molecule has 1 aromatic heterocycles. The molecule has 1 unspecified atom stereocenters. The minimum atomic E-state index is -0.494. The summed E-state index contributed by atoms with van der Waals surface area (Å²) in [6.45, 7) is 0. The van der Waals surface area contributed by atoms with Crippen LogP contribution in [0, 0.1) is 17.1 Å². The number of aromatic nitrogens is 1. The van der Waals surface area contributed by atoms with Gasteiger partial charge in [0.15, 0.2) is 0 Å². The molecule has 2 aromatic carbocycles. The van der Waals surface area contributed by atoms with Gasteiger partial charge in [-0.3, -0.25) is 0 Å². The van der Waals surface area contributed by atoms with E-state index in [1.807, 2.05) is 12.3 Å². The van der Waals surface area contributed by atoms with E-state index < -0.39 is 5.82 Å². The van der Waals surface area contributed by atoms with Crippen LogP contribution in [0.2, 0.25) is 0 Å². The standard InChI is InChI=1S/C19H12FIN2S/c20-16-6-4-11(8-12(16)9-22)19-23-10-18(24-19)15-3-1-2-14-13(15)5-7-17(14)21/h1-4,6,8,10,17H,5,7H2. The molecule has 0 saturated heterocycles. The molecule has 1 atom stereocenters. The normalized spacial score (nSPS) is 16.0. The van der Waals surface area contributed by atoms with Gasteiger partial charge in [-0.25, -0.2) is 9.37 Å². The zero-order chi connectivity index (χ0) is 16.7. The maximum atomic E-state index is 13.5. The first kappa shape index (κ1) is 15.7. The number of nitriles is 1. The molecule has 4 rings (SSSR count). The number of thiazole rings is 1. The summed E-state index contributed by atoms with van der Waals surface area (Å²) in [4.78, 5) is 5.62. The SMILES string of the molecule is N#Cc1cc(-c2ncc(-c3cccc4c3CCC4I)s2)ccc1F. The van der Waals surface area contributed by atoms with E-state index in [4.69, 9.17) is 5.26 Å². The van der Waals surface area contributed by atoms with Crippen LogP contribution < -0.4 is 0 Å². The van der Waals surface area contributed by atoms with Gasteiger partial charge in [0, 0.05) is 15.7 Å². The largest absolute Gasteiger partial charge is 0.244 e. The fourth-order valence-corrected chi connectivity index (χ4v) is 4.97. The number of halogens is 2. The number of nitrogens with zero attached hydrogens (tertiary/aromatic N) is 2. The van der Waals surface area contributed by atoms with Gasteiger partial charge in [0.05, 0.1) is 10.4 Å². The third-order valence-electron chi connectivity index (χ3n) is 4.30. The molecule has 24 heavy (non-hydrogen) atoms. The Hall–Kier alpha value is -1.78. The zero-order valence-corrected chi connectivity index (χ0v) is 15.6. The summed E-state index contributed by atoms with van der Waals surface area (Å²) in [5.74, 6) is -0.494. The first-order valence-electron chi connectivity index (χ1n) is 7.59. The van der Waals surface area contributed by atoms with E-state index in [0.29, 0.717) is 3.92 Å². The van der Waals surface area contributed by atoms with Crippen molar-refractivity contribution in [1.82, 2.24) is 4.98 Å². The Balaban J connectivity index is 1.76. The van der Waals surface area contributed by atoms with Crippen LogP contribution in [-0.2, 0) is 6.42 Å². The van der Waals surface area contributed by atoms with Crippen molar-refractivity contribution in [3.63, 3.8) is 0 Å². The van der Waals surface area contributed by atoms with E-state index in [-0.39, 0.29) is 5.56 Å². The highest BCUT2D eigenvalue weighted by Crippen LogP contribution is 2.44. The molecular formula is C19H12FIN2S. The van der Waals surface area contributed by atoms with Gasteiger partial charge in [0.25, 0.3) is 0 Å². The lowest BCUT2D eigenvalue weighted by molar-refractivity contribution is 0.624. The second kappa shape index (κ2) is 6.26. The third kappa shape index (κ3) is 2.64. The first-order chi connectivity index (χ1) is 11.7. The summed E-state index contributed by atoms with van der Waals surface area (Å²) in [7, 11) is 0. The van der Waals surface area contributed by atoms with E-state index in [2.05, 4.69) is 45.8 Å². The van der Waals surface area contributed by atoms with Crippen molar-refractivity contribution in [1.29, 1.82) is 5.26 Å². The van der Waals surface area contributed by atoms with Crippen molar-refractivity contribution in [3.8, 4) is 27.1 Å². The average Bonchev–Trinajstić information content (AvgIpc) is 3.23. The lowest BCUT2D eigenvalue weighted by Crippen LogP contribution is -1.86. The monoisotopic (exact) mass is 446 g/mol. The predicted molar refractivity (Wildman–Crippen MR) is 103 cm³/mol. The fourth-order valence-electron chi connectivity index (χ4n) is 3.11. The zero-order valence-electron chi connectivity index (χ0n) is 12.6. The maximum absolute atomic E-state index is 13.5. The Kier molecular flexibility index (Phi) is 4.10. The van der Waals surface area contributed by atoms with Crippen LogP contribution in [-0.4, -0.2) is 4.98 Å². The first-order valence-corrected chi connectivity index (χ1v) is 9.65. The number of hydrogen-bond acceptors (Lipinski definition) is 3. The molecule has 3 aromatic rings. The quantitative estimate of drug-likeness (QED) is 0.363. The number of alkyl halides is 1. The van der Waals surface area contributed by atoms with Gasteiger partial charge >= 0.3 is 0 Å². The Labute approximate surface area is 157 Å². The Morgan fingerprint density at radius 3 is 3.00 bits per heavy atom.